The van der Waals surface area contributed by atoms with Crippen LogP contribution in [0.4, 0.5) is 0 Å². The van der Waals surface area contributed by atoms with Gasteiger partial charge in [0, 0.05) is 45.6 Å². The number of aryl methyl sites for hydroxylation is 2. The molecule has 3 nitrogen and oxygen atoms in total. The van der Waals surface area contributed by atoms with E-state index in [0.29, 0.717) is 0 Å². The largest absolute Gasteiger partial charge is 0.455 e. The summed E-state index contributed by atoms with van der Waals surface area (Å²) in [7, 11) is 2.08. The summed E-state index contributed by atoms with van der Waals surface area (Å²) in [5.41, 5.74) is 10.1. The van der Waals surface area contributed by atoms with Crippen molar-refractivity contribution in [3.05, 3.63) is 83.8 Å². The highest BCUT2D eigenvalue weighted by atomic mass is 16.3. The molecule has 0 bridgehead atoms. The van der Waals surface area contributed by atoms with Gasteiger partial charge in [-0.1, -0.05) is 24.3 Å². The summed E-state index contributed by atoms with van der Waals surface area (Å²) < 4.78 is 8.90. The van der Waals surface area contributed by atoms with Gasteiger partial charge in [0.1, 0.15) is 18.2 Å². The zero-order valence-corrected chi connectivity index (χ0v) is 17.7. The number of benzene rings is 2. The molecular formula is C27H23N2O+. The van der Waals surface area contributed by atoms with Crippen LogP contribution in [0.15, 0.2) is 71.4 Å². The lowest BCUT2D eigenvalue weighted by molar-refractivity contribution is -0.660. The second kappa shape index (κ2) is 5.79. The molecule has 2 aromatic carbocycles. The topological polar surface area (TPSA) is 29.9 Å². The highest BCUT2D eigenvalue weighted by molar-refractivity contribution is 6.12. The van der Waals surface area contributed by atoms with Crippen LogP contribution in [-0.2, 0) is 12.5 Å². The van der Waals surface area contributed by atoms with E-state index in [9.17, 15) is 0 Å². The molecule has 30 heavy (non-hydrogen) atoms. The molecule has 0 spiro atoms. The molecule has 0 amide bonds. The maximum atomic E-state index is 6.74. The van der Waals surface area contributed by atoms with Crippen LogP contribution in [0.3, 0.4) is 0 Å². The molecule has 3 heterocycles. The van der Waals surface area contributed by atoms with Crippen LogP contribution >= 0.6 is 0 Å². The Hall–Kier alpha value is -3.46. The fourth-order valence-electron chi connectivity index (χ4n) is 5.19. The van der Waals surface area contributed by atoms with Gasteiger partial charge in [-0.15, -0.1) is 0 Å². The molecule has 6 rings (SSSR count). The SMILES string of the molecule is Cc1ccc2c(oc3c4c(ccc32)-c2cccnc2C4(C)C)c1-c1cccc[n+]1C. The minimum Gasteiger partial charge on any atom is -0.455 e. The molecule has 0 saturated heterocycles. The van der Waals surface area contributed by atoms with E-state index >= 15 is 0 Å². The van der Waals surface area contributed by atoms with E-state index in [1.54, 1.807) is 0 Å². The van der Waals surface area contributed by atoms with Gasteiger partial charge >= 0.3 is 0 Å². The molecule has 0 N–H and O–H groups in total. The van der Waals surface area contributed by atoms with Crippen molar-refractivity contribution in [1.29, 1.82) is 0 Å². The van der Waals surface area contributed by atoms with Crippen LogP contribution in [0, 0.1) is 6.92 Å². The smallest absolute Gasteiger partial charge is 0.216 e. The number of nitrogens with zero attached hydrogens (tertiary/aromatic N) is 2. The first kappa shape index (κ1) is 17.4. The van der Waals surface area contributed by atoms with Crippen molar-refractivity contribution in [2.45, 2.75) is 26.2 Å². The fraction of sp³-hybridized carbons (Fsp3) is 0.185. The molecule has 0 radical (unpaired) electrons. The maximum absolute atomic E-state index is 6.74. The first-order valence-corrected chi connectivity index (χ1v) is 10.4. The number of pyridine rings is 2. The predicted octanol–water partition coefficient (Wildman–Crippen LogP) is 6.09. The normalized spacial score (nSPS) is 14.3. The summed E-state index contributed by atoms with van der Waals surface area (Å²) in [6.07, 6.45) is 3.97. The van der Waals surface area contributed by atoms with Crippen LogP contribution in [0.5, 0.6) is 0 Å². The van der Waals surface area contributed by atoms with E-state index in [2.05, 4.69) is 87.1 Å². The van der Waals surface area contributed by atoms with Crippen LogP contribution in [0.2, 0.25) is 0 Å². The highest BCUT2D eigenvalue weighted by Crippen LogP contribution is 2.52. The van der Waals surface area contributed by atoms with Crippen LogP contribution in [0.1, 0.15) is 30.7 Å². The molecule has 1 aliphatic rings. The number of rotatable bonds is 1. The summed E-state index contributed by atoms with van der Waals surface area (Å²) in [6, 6.07) is 19.3. The van der Waals surface area contributed by atoms with Gasteiger partial charge in [-0.25, -0.2) is 4.57 Å². The first-order valence-electron chi connectivity index (χ1n) is 10.4. The van der Waals surface area contributed by atoms with Crippen molar-refractivity contribution < 1.29 is 8.98 Å². The van der Waals surface area contributed by atoms with Crippen molar-refractivity contribution in [3.63, 3.8) is 0 Å². The molecule has 3 aromatic heterocycles. The third-order valence-corrected chi connectivity index (χ3v) is 6.64. The monoisotopic (exact) mass is 391 g/mol. The van der Waals surface area contributed by atoms with Gasteiger partial charge in [0.25, 0.3) is 0 Å². The van der Waals surface area contributed by atoms with E-state index in [-0.39, 0.29) is 5.41 Å². The van der Waals surface area contributed by atoms with E-state index in [1.165, 1.54) is 27.6 Å². The zero-order valence-electron chi connectivity index (χ0n) is 17.7. The molecule has 0 aliphatic heterocycles. The Balaban J connectivity index is 1.75. The Kier molecular flexibility index (Phi) is 3.36. The Morgan fingerprint density at radius 2 is 1.67 bits per heavy atom. The lowest BCUT2D eigenvalue weighted by atomic mass is 9.84. The van der Waals surface area contributed by atoms with Gasteiger partial charge in [-0.2, -0.15) is 0 Å². The van der Waals surface area contributed by atoms with Crippen LogP contribution in [0.25, 0.3) is 44.3 Å². The minimum atomic E-state index is -0.202. The summed E-state index contributed by atoms with van der Waals surface area (Å²) in [4.78, 5) is 4.73. The summed E-state index contributed by atoms with van der Waals surface area (Å²) in [6.45, 7) is 6.66. The van der Waals surface area contributed by atoms with E-state index in [0.717, 1.165) is 33.5 Å². The van der Waals surface area contributed by atoms with Gasteiger partial charge in [0.15, 0.2) is 6.20 Å². The molecule has 5 aromatic rings. The van der Waals surface area contributed by atoms with E-state index in [1.807, 2.05) is 12.3 Å². The second-order valence-corrected chi connectivity index (χ2v) is 8.82. The summed E-state index contributed by atoms with van der Waals surface area (Å²) in [5, 5.41) is 2.33. The number of hydrogen-bond acceptors (Lipinski definition) is 2. The lowest BCUT2D eigenvalue weighted by Gasteiger charge is -2.20. The molecule has 146 valence electrons. The quantitative estimate of drug-likeness (QED) is 0.324. The van der Waals surface area contributed by atoms with Crippen LogP contribution in [-0.4, -0.2) is 4.98 Å². The van der Waals surface area contributed by atoms with Gasteiger partial charge in [-0.3, -0.25) is 4.98 Å². The predicted molar refractivity (Wildman–Crippen MR) is 120 cm³/mol. The Bertz CT molecular complexity index is 1490. The highest BCUT2D eigenvalue weighted by Gasteiger charge is 2.40. The fourth-order valence-corrected chi connectivity index (χ4v) is 5.19. The summed E-state index contributed by atoms with van der Waals surface area (Å²) >= 11 is 0. The molecule has 0 saturated carbocycles. The van der Waals surface area contributed by atoms with E-state index in [4.69, 9.17) is 9.40 Å². The number of fused-ring (bicyclic) bond motifs is 7. The Labute approximate surface area is 175 Å². The molecule has 1 aliphatic carbocycles. The van der Waals surface area contributed by atoms with Gasteiger partial charge < -0.3 is 4.42 Å². The number of furan rings is 1. The molecule has 0 atom stereocenters. The third-order valence-electron chi connectivity index (χ3n) is 6.64. The van der Waals surface area contributed by atoms with Crippen molar-refractivity contribution in [3.8, 4) is 22.4 Å². The Morgan fingerprint density at radius 3 is 2.50 bits per heavy atom. The third kappa shape index (κ3) is 2.10. The average molecular weight is 391 g/mol. The maximum Gasteiger partial charge on any atom is 0.216 e. The van der Waals surface area contributed by atoms with Gasteiger partial charge in [0.05, 0.1) is 11.3 Å². The second-order valence-electron chi connectivity index (χ2n) is 8.82. The average Bonchev–Trinajstić information content (AvgIpc) is 3.22. The van der Waals surface area contributed by atoms with Gasteiger partial charge in [-0.05, 0) is 50.1 Å². The lowest BCUT2D eigenvalue weighted by Crippen LogP contribution is -2.30. The summed E-state index contributed by atoms with van der Waals surface area (Å²) in [5.74, 6) is 0. The first-order chi connectivity index (χ1) is 14.5. The molecule has 0 unspecified atom stereocenters. The zero-order chi connectivity index (χ0) is 20.6. The minimum absolute atomic E-state index is 0.202. The van der Waals surface area contributed by atoms with Crippen molar-refractivity contribution in [2.24, 2.45) is 7.05 Å². The standard InChI is InChI=1S/C27H23N2O/c1-16-10-11-18-19-13-12-17-20-8-7-14-28-26(20)27(2,3)23(17)25(19)30-24(18)22(16)21-9-5-6-15-29(21)4/h5-15H,1-4H3/q+1. The number of aromatic nitrogens is 2. The Morgan fingerprint density at radius 1 is 0.867 bits per heavy atom. The van der Waals surface area contributed by atoms with Gasteiger partial charge in [0.2, 0.25) is 5.69 Å². The molecular weight excluding hydrogens is 368 g/mol. The van der Waals surface area contributed by atoms with Crippen LogP contribution < -0.4 is 4.57 Å². The molecule has 3 heteroatoms. The van der Waals surface area contributed by atoms with Crippen molar-refractivity contribution >= 4 is 21.9 Å². The van der Waals surface area contributed by atoms with Crippen molar-refractivity contribution in [1.82, 2.24) is 4.98 Å². The van der Waals surface area contributed by atoms with E-state index < -0.39 is 0 Å². The molecule has 0 fully saturated rings. The van der Waals surface area contributed by atoms with Crippen molar-refractivity contribution in [2.75, 3.05) is 0 Å². The number of hydrogen-bond donors (Lipinski definition) is 0.